The molecule has 19 heteroatoms. The van der Waals surface area contributed by atoms with E-state index in [0.717, 1.165) is 78.1 Å². The maximum absolute atomic E-state index is 6.77. The maximum atomic E-state index is 6.77. The predicted molar refractivity (Wildman–Crippen MR) is 313 cm³/mol. The average Bonchev–Trinajstić information content (AvgIpc) is 4.03. The molecular formula is C58H70B6N5O7Pt-3. The Morgan fingerprint density at radius 2 is 1.12 bits per heavy atom. The molecule has 0 spiro atoms. The van der Waals surface area contributed by atoms with Crippen LogP contribution < -0.4 is 20.7 Å². The largest absolute Gasteiger partial charge is 0.492 e. The summed E-state index contributed by atoms with van der Waals surface area (Å²) in [6.07, 6.45) is 3.77. The summed E-state index contributed by atoms with van der Waals surface area (Å²) in [5.41, 5.74) is 11.0. The Hall–Kier alpha value is -4.62. The van der Waals surface area contributed by atoms with Gasteiger partial charge in [0.25, 0.3) is 0 Å². The summed E-state index contributed by atoms with van der Waals surface area (Å²) in [6, 6.07) is 39.1. The minimum atomic E-state index is -0.768. The number of para-hydroxylation sites is 3. The molecule has 400 valence electrons. The van der Waals surface area contributed by atoms with E-state index in [4.69, 9.17) is 42.1 Å². The average molecular weight is 1210 g/mol. The molecule has 0 N–H and O–H groups in total. The van der Waals surface area contributed by atoms with E-state index < -0.39 is 42.7 Å². The molecule has 0 aliphatic carbocycles. The summed E-state index contributed by atoms with van der Waals surface area (Å²) < 4.78 is 48.8. The Morgan fingerprint density at radius 1 is 0.571 bits per heavy atom. The molecule has 12 nitrogen and oxygen atoms in total. The van der Waals surface area contributed by atoms with E-state index in [1.807, 2.05) is 25.4 Å². The van der Waals surface area contributed by atoms with Crippen LogP contribution in [0.2, 0.25) is 21.3 Å². The molecule has 77 heavy (non-hydrogen) atoms. The van der Waals surface area contributed by atoms with E-state index in [0.29, 0.717) is 13.2 Å². The van der Waals surface area contributed by atoms with Crippen molar-refractivity contribution < 1.29 is 53.2 Å². The summed E-state index contributed by atoms with van der Waals surface area (Å²) in [7, 11) is -3.70. The number of ether oxygens (including phenoxy) is 1. The van der Waals surface area contributed by atoms with Crippen LogP contribution in [0.3, 0.4) is 0 Å². The topological polar surface area (TPSA) is 102 Å². The Morgan fingerprint density at radius 3 is 1.68 bits per heavy atom. The molecule has 2 fully saturated rings. The van der Waals surface area contributed by atoms with Crippen LogP contribution in [0.1, 0.15) is 126 Å². The monoisotopic (exact) mass is 1210 g/mol. The number of hydrogen-bond donors (Lipinski definition) is 0. The molecule has 6 heterocycles. The Bertz CT molecular complexity index is 3170. The second kappa shape index (κ2) is 21.5. The molecule has 0 radical (unpaired) electrons. The summed E-state index contributed by atoms with van der Waals surface area (Å²) in [4.78, 5) is 14.1. The maximum Gasteiger partial charge on any atom is 0.466 e. The van der Waals surface area contributed by atoms with Crippen LogP contribution in [-0.4, -0.2) is 57.2 Å². The smallest absolute Gasteiger partial charge is 0.466 e. The molecule has 0 atom stereocenters. The molecule has 7 aromatic rings. The molecule has 3 aromatic heterocycles. The molecule has 0 amide bonds. The zero-order chi connectivity index (χ0) is 54.3. The molecule has 0 saturated carbocycles. The van der Waals surface area contributed by atoms with Gasteiger partial charge in [0.05, 0.1) is 6.61 Å². The summed E-state index contributed by atoms with van der Waals surface area (Å²) >= 11 is 0. The third-order valence-corrected chi connectivity index (χ3v) is 14.1. The number of fused-ring (bicyclic) bond motifs is 4. The first kappa shape index (κ1) is 57.1. The van der Waals surface area contributed by atoms with Crippen molar-refractivity contribution >= 4 is 98.2 Å². The summed E-state index contributed by atoms with van der Waals surface area (Å²) in [5.74, 6) is 0.865. The zero-order valence-electron chi connectivity index (χ0n) is 47.7. The quantitative estimate of drug-likeness (QED) is 0.102. The fraction of sp³-hybridized carbons (Fsp3) is 0.397. The molecule has 3 aliphatic heterocycles. The van der Waals surface area contributed by atoms with Crippen LogP contribution in [0.15, 0.2) is 103 Å². The van der Waals surface area contributed by atoms with Gasteiger partial charge in [0.2, 0.25) is 0 Å². The number of anilines is 4. The second-order valence-corrected chi connectivity index (χ2v) is 26.1. The molecule has 0 unspecified atom stereocenters. The summed E-state index contributed by atoms with van der Waals surface area (Å²) in [5, 5.41) is 0.920. The molecular weight excluding hydrogens is 1140 g/mol. The van der Waals surface area contributed by atoms with E-state index in [1.54, 1.807) is 0 Å². The Kier molecular flexibility index (Phi) is 15.9. The van der Waals surface area contributed by atoms with Crippen LogP contribution in [0, 0.1) is 25.7 Å². The number of hydrogen-bond acceptors (Lipinski definition) is 11. The van der Waals surface area contributed by atoms with E-state index >= 15 is 0 Å². The Balaban J connectivity index is 0.00000722. The van der Waals surface area contributed by atoms with E-state index in [-0.39, 0.29) is 47.7 Å². The predicted octanol–water partition coefficient (Wildman–Crippen LogP) is 12.6. The van der Waals surface area contributed by atoms with E-state index in [9.17, 15) is 0 Å². The van der Waals surface area contributed by atoms with Gasteiger partial charge in [-0.3, -0.25) is 0 Å². The van der Waals surface area contributed by atoms with Gasteiger partial charge in [0.15, 0.2) is 0 Å². The van der Waals surface area contributed by atoms with Crippen molar-refractivity contribution in [1.29, 1.82) is 0 Å². The van der Waals surface area contributed by atoms with Gasteiger partial charge < -0.3 is 51.5 Å². The normalized spacial score (nSPS) is 16.1. The van der Waals surface area contributed by atoms with Gasteiger partial charge in [-0.25, -0.2) is 4.98 Å². The van der Waals surface area contributed by atoms with Crippen molar-refractivity contribution in [3.8, 4) is 5.82 Å². The molecule has 3 aliphatic rings. The minimum Gasteiger partial charge on any atom is -0.492 e. The van der Waals surface area contributed by atoms with Crippen molar-refractivity contribution in [3.63, 3.8) is 0 Å². The fourth-order valence-electron chi connectivity index (χ4n) is 9.70. The van der Waals surface area contributed by atoms with Crippen LogP contribution >= 0.6 is 0 Å². The van der Waals surface area contributed by atoms with E-state index in [2.05, 4.69) is 222 Å². The van der Waals surface area contributed by atoms with Gasteiger partial charge in [-0.1, -0.05) is 170 Å². The van der Waals surface area contributed by atoms with Crippen LogP contribution in [0.5, 0.6) is 0 Å². The van der Waals surface area contributed by atoms with E-state index in [1.165, 1.54) is 5.56 Å². The SMILES string of the molecule is Cc1ncc(N2[CH-]N(c3cc(B4OB(C(C)(C)C)OB(C(C)(C)C)O4)cc(B4OB(C(C)(C)C)OB(C(C)(C)C)O4)c3)c3ccccc32)[c-]c1COCc1[c-]c2c(cc1)c1ccccc1n2-c1cc(C(C)(C)C)ccn1.[Pt]. The number of aromatic nitrogens is 3. The first-order valence-corrected chi connectivity index (χ1v) is 26.7. The van der Waals surface area contributed by atoms with Crippen molar-refractivity contribution in [3.05, 3.63) is 145 Å². The van der Waals surface area contributed by atoms with Gasteiger partial charge in [-0.05, 0) is 91.0 Å². The van der Waals surface area contributed by atoms with Crippen molar-refractivity contribution in [2.75, 3.05) is 9.80 Å². The van der Waals surface area contributed by atoms with Crippen molar-refractivity contribution in [2.24, 2.45) is 0 Å². The molecule has 4 aromatic carbocycles. The fourth-order valence-corrected chi connectivity index (χ4v) is 9.70. The van der Waals surface area contributed by atoms with Crippen LogP contribution in [-0.2, 0) is 71.9 Å². The zero-order valence-corrected chi connectivity index (χ0v) is 50.0. The number of rotatable bonds is 9. The van der Waals surface area contributed by atoms with Gasteiger partial charge >= 0.3 is 42.7 Å². The Labute approximate surface area is 474 Å². The minimum absolute atomic E-state index is 0. The second-order valence-electron chi connectivity index (χ2n) is 26.1. The molecule has 10 rings (SSSR count). The first-order chi connectivity index (χ1) is 35.7. The summed E-state index contributed by atoms with van der Waals surface area (Å²) in [6.45, 7) is 36.8. The van der Waals surface area contributed by atoms with Crippen LogP contribution in [0.25, 0.3) is 27.6 Å². The van der Waals surface area contributed by atoms with Crippen LogP contribution in [0.4, 0.5) is 22.7 Å². The number of benzene rings is 4. The van der Waals surface area contributed by atoms with Gasteiger partial charge in [0.1, 0.15) is 5.82 Å². The third kappa shape index (κ3) is 12.0. The standard InChI is InChI=1S/C58H70B6N5O7.Pt/c1-39-41(37-70-36-40-25-26-48-47-21-17-18-22-49(47)69(52(48)29-40)53-31-42(27-28-65-53)54(2,3)4)30-46(35-66-39)68-38-67(50-23-19-20-24-51(50)68)45-33-43(59-71-61(55(5,6)7)75-62(72-59)56(8,9)10)32-44(34-45)60-73-63(57(11,12)13)76-64(74-60)58(14,15)16;/h17-28,31-35,38H,36-37H2,1-16H3;/q-3;. The number of pyridine rings is 2. The van der Waals surface area contributed by atoms with Gasteiger partial charge in [-0.2, -0.15) is 24.3 Å². The van der Waals surface area contributed by atoms with Gasteiger partial charge in [-0.15, -0.1) is 23.2 Å². The van der Waals surface area contributed by atoms with Gasteiger partial charge in [0, 0.05) is 56.4 Å². The molecule has 2 saturated heterocycles. The first-order valence-electron chi connectivity index (χ1n) is 26.7. The van der Waals surface area contributed by atoms with Crippen molar-refractivity contribution in [2.45, 2.75) is 151 Å². The third-order valence-electron chi connectivity index (χ3n) is 14.1. The number of nitrogens with zero attached hydrogens (tertiary/aromatic N) is 5. The van der Waals surface area contributed by atoms with Crippen molar-refractivity contribution in [1.82, 2.24) is 14.5 Å². The number of aryl methyl sites for hydroxylation is 1. The molecule has 0 bridgehead atoms.